The van der Waals surface area contributed by atoms with Gasteiger partial charge in [-0.15, -0.1) is 0 Å². The van der Waals surface area contributed by atoms with Gasteiger partial charge in [0, 0.05) is 32.0 Å². The monoisotopic (exact) mass is 493 g/mol. The molecule has 2 N–H and O–H groups in total. The largest absolute Gasteiger partial charge is 0.329 e. The minimum atomic E-state index is -4.13. The van der Waals surface area contributed by atoms with Crippen molar-refractivity contribution in [1.29, 1.82) is 0 Å². The molecule has 3 heterocycles. The van der Waals surface area contributed by atoms with E-state index >= 15 is 0 Å². The Hall–Kier alpha value is -3.03. The first-order valence-electron chi connectivity index (χ1n) is 10.3. The van der Waals surface area contributed by atoms with Gasteiger partial charge in [-0.1, -0.05) is 12.8 Å². The standard InChI is InChI=1S/C20H23N5O6S2/c1-24-18-17(19(26)22-20(24)27)12-16(13-21-18)32(28,29)23-14-6-8-15(9-7-14)33(30,31)25-10-4-2-3-5-11-25/h6-9,12-13,23H,2-5,10-11H2,1H3,(H,22,26,27). The van der Waals surface area contributed by atoms with Crippen LogP contribution in [0.25, 0.3) is 11.0 Å². The molecule has 1 aliphatic heterocycles. The van der Waals surface area contributed by atoms with Crippen LogP contribution in [0.15, 0.2) is 55.9 Å². The average Bonchev–Trinajstić information content (AvgIpc) is 3.08. The van der Waals surface area contributed by atoms with Gasteiger partial charge in [-0.25, -0.2) is 26.6 Å². The minimum Gasteiger partial charge on any atom is -0.281 e. The van der Waals surface area contributed by atoms with Crippen LogP contribution < -0.4 is 16.0 Å². The lowest BCUT2D eigenvalue weighted by molar-refractivity contribution is 0.424. The number of aromatic nitrogens is 3. The predicted octanol–water partition coefficient (Wildman–Crippen LogP) is 0.987. The molecule has 1 fully saturated rings. The van der Waals surface area contributed by atoms with Crippen molar-refractivity contribution in [2.24, 2.45) is 7.05 Å². The number of nitrogens with one attached hydrogen (secondary N) is 2. The summed E-state index contributed by atoms with van der Waals surface area (Å²) in [5.41, 5.74) is -1.21. The van der Waals surface area contributed by atoms with Crippen molar-refractivity contribution in [3.05, 3.63) is 57.4 Å². The van der Waals surface area contributed by atoms with E-state index in [9.17, 15) is 26.4 Å². The molecule has 11 nitrogen and oxygen atoms in total. The molecular weight excluding hydrogens is 470 g/mol. The first-order valence-corrected chi connectivity index (χ1v) is 13.2. The van der Waals surface area contributed by atoms with Crippen LogP contribution in [0, 0.1) is 0 Å². The third-order valence-corrected chi connectivity index (χ3v) is 8.81. The van der Waals surface area contributed by atoms with Gasteiger partial charge >= 0.3 is 5.69 Å². The van der Waals surface area contributed by atoms with Crippen molar-refractivity contribution in [3.63, 3.8) is 0 Å². The Labute approximate surface area is 190 Å². The maximum atomic E-state index is 12.9. The van der Waals surface area contributed by atoms with E-state index in [1.807, 2.05) is 0 Å². The SMILES string of the molecule is Cn1c(=O)[nH]c(=O)c2cc(S(=O)(=O)Nc3ccc(S(=O)(=O)N4CCCCCC4)cc3)cnc21. The molecule has 0 aliphatic carbocycles. The molecule has 0 spiro atoms. The fourth-order valence-corrected chi connectivity index (χ4v) is 6.25. The third kappa shape index (κ3) is 4.56. The van der Waals surface area contributed by atoms with Crippen molar-refractivity contribution in [2.75, 3.05) is 17.8 Å². The summed E-state index contributed by atoms with van der Waals surface area (Å²) in [5, 5.41) is -0.0566. The van der Waals surface area contributed by atoms with Crippen LogP contribution in [0.3, 0.4) is 0 Å². The summed E-state index contributed by atoms with van der Waals surface area (Å²) in [5.74, 6) is 0. The average molecular weight is 494 g/mol. The van der Waals surface area contributed by atoms with Crippen LogP contribution in [0.5, 0.6) is 0 Å². The summed E-state index contributed by atoms with van der Waals surface area (Å²) in [7, 11) is -6.38. The lowest BCUT2D eigenvalue weighted by atomic mass is 10.2. The van der Waals surface area contributed by atoms with Crippen LogP contribution in [0.1, 0.15) is 25.7 Å². The molecule has 2 aromatic heterocycles. The lowest BCUT2D eigenvalue weighted by Crippen LogP contribution is -2.31. The van der Waals surface area contributed by atoms with E-state index in [2.05, 4.69) is 14.7 Å². The van der Waals surface area contributed by atoms with E-state index in [0.717, 1.165) is 42.5 Å². The molecule has 4 rings (SSSR count). The number of rotatable bonds is 5. The fourth-order valence-electron chi connectivity index (χ4n) is 3.70. The summed E-state index contributed by atoms with van der Waals surface area (Å²) in [6.07, 6.45) is 4.67. The van der Waals surface area contributed by atoms with Gasteiger partial charge in [-0.05, 0) is 43.2 Å². The Bertz CT molecular complexity index is 1520. The van der Waals surface area contributed by atoms with Crippen LogP contribution in [-0.4, -0.2) is 48.8 Å². The smallest absolute Gasteiger partial charge is 0.281 e. The third-order valence-electron chi connectivity index (χ3n) is 5.55. The van der Waals surface area contributed by atoms with Gasteiger partial charge in [-0.2, -0.15) is 4.31 Å². The van der Waals surface area contributed by atoms with Gasteiger partial charge in [-0.3, -0.25) is 19.1 Å². The Balaban J connectivity index is 1.60. The number of fused-ring (bicyclic) bond motifs is 1. The van der Waals surface area contributed by atoms with Crippen molar-refractivity contribution < 1.29 is 16.8 Å². The van der Waals surface area contributed by atoms with E-state index in [0.29, 0.717) is 13.1 Å². The zero-order valence-electron chi connectivity index (χ0n) is 17.8. The molecule has 1 aliphatic rings. The predicted molar refractivity (Wildman–Crippen MR) is 122 cm³/mol. The molecule has 0 atom stereocenters. The molecule has 176 valence electrons. The molecule has 0 bridgehead atoms. The number of H-pyrrole nitrogens is 1. The van der Waals surface area contributed by atoms with Gasteiger partial charge in [0.1, 0.15) is 10.5 Å². The first-order chi connectivity index (χ1) is 15.6. The van der Waals surface area contributed by atoms with Crippen LogP contribution in [0.2, 0.25) is 0 Å². The van der Waals surface area contributed by atoms with Gasteiger partial charge in [0.25, 0.3) is 15.6 Å². The Morgan fingerprint density at radius 1 is 0.939 bits per heavy atom. The second kappa shape index (κ2) is 8.72. The molecule has 1 aromatic carbocycles. The molecule has 0 unspecified atom stereocenters. The number of anilines is 1. The zero-order valence-corrected chi connectivity index (χ0v) is 19.4. The number of sulfonamides is 2. The molecule has 33 heavy (non-hydrogen) atoms. The van der Waals surface area contributed by atoms with E-state index in [1.54, 1.807) is 0 Å². The number of aryl methyl sites for hydroxylation is 1. The van der Waals surface area contributed by atoms with E-state index in [1.165, 1.54) is 35.6 Å². The molecule has 0 amide bonds. The van der Waals surface area contributed by atoms with E-state index in [-0.39, 0.29) is 26.5 Å². The van der Waals surface area contributed by atoms with Gasteiger partial charge in [0.2, 0.25) is 10.0 Å². The quantitative estimate of drug-likeness (QED) is 0.538. The molecule has 0 radical (unpaired) electrons. The maximum Gasteiger partial charge on any atom is 0.329 e. The minimum absolute atomic E-state index is 0.0470. The number of nitrogens with zero attached hydrogens (tertiary/aromatic N) is 3. The highest BCUT2D eigenvalue weighted by Gasteiger charge is 2.25. The molecule has 3 aromatic rings. The molecule has 1 saturated heterocycles. The maximum absolute atomic E-state index is 12.9. The second-order valence-corrected chi connectivity index (χ2v) is 11.4. The second-order valence-electron chi connectivity index (χ2n) is 7.81. The summed E-state index contributed by atoms with van der Waals surface area (Å²) in [6, 6.07) is 6.58. The van der Waals surface area contributed by atoms with Gasteiger partial charge in [0.15, 0.2) is 0 Å². The number of hydrogen-bond donors (Lipinski definition) is 2. The molecular formula is C20H23N5O6S2. The summed E-state index contributed by atoms with van der Waals surface area (Å²) < 4.78 is 56.3. The Kier molecular flexibility index (Phi) is 6.12. The van der Waals surface area contributed by atoms with Crippen molar-refractivity contribution in [1.82, 2.24) is 18.8 Å². The summed E-state index contributed by atoms with van der Waals surface area (Å²) in [6.45, 7) is 0.937. The normalized spacial score (nSPS) is 15.9. The lowest BCUT2D eigenvalue weighted by Gasteiger charge is -2.20. The van der Waals surface area contributed by atoms with Gasteiger partial charge in [0.05, 0.1) is 10.3 Å². The fraction of sp³-hybridized carbons (Fsp3) is 0.350. The van der Waals surface area contributed by atoms with Crippen LogP contribution in [0.4, 0.5) is 5.69 Å². The van der Waals surface area contributed by atoms with Crippen molar-refractivity contribution in [2.45, 2.75) is 35.5 Å². The topological polar surface area (TPSA) is 151 Å². The van der Waals surface area contributed by atoms with Crippen molar-refractivity contribution >= 4 is 36.8 Å². The molecule has 0 saturated carbocycles. The van der Waals surface area contributed by atoms with E-state index in [4.69, 9.17) is 0 Å². The highest BCUT2D eigenvalue weighted by molar-refractivity contribution is 7.92. The number of aromatic amines is 1. The van der Waals surface area contributed by atoms with Gasteiger partial charge < -0.3 is 0 Å². The number of pyridine rings is 1. The number of hydrogen-bond acceptors (Lipinski definition) is 7. The Morgan fingerprint density at radius 3 is 2.21 bits per heavy atom. The first kappa shape index (κ1) is 23.1. The zero-order chi connectivity index (χ0) is 23.8. The Morgan fingerprint density at radius 2 is 1.58 bits per heavy atom. The van der Waals surface area contributed by atoms with E-state index < -0.39 is 31.3 Å². The summed E-state index contributed by atoms with van der Waals surface area (Å²) >= 11 is 0. The number of benzene rings is 1. The van der Waals surface area contributed by atoms with Crippen LogP contribution >= 0.6 is 0 Å². The van der Waals surface area contributed by atoms with Crippen LogP contribution in [-0.2, 0) is 27.1 Å². The van der Waals surface area contributed by atoms with Crippen molar-refractivity contribution in [3.8, 4) is 0 Å². The highest BCUT2D eigenvalue weighted by atomic mass is 32.2. The molecule has 13 heteroatoms. The highest BCUT2D eigenvalue weighted by Crippen LogP contribution is 2.23. The summed E-state index contributed by atoms with van der Waals surface area (Å²) in [4.78, 5) is 29.6.